The average molecular weight is 305 g/mol. The molecule has 1 aromatic heterocycles. The zero-order valence-corrected chi connectivity index (χ0v) is 13.3. The van der Waals surface area contributed by atoms with Gasteiger partial charge in [-0.2, -0.15) is 5.10 Å². The molecule has 22 heavy (non-hydrogen) atoms. The summed E-state index contributed by atoms with van der Waals surface area (Å²) in [6, 6.07) is 0.741. The number of nitrogens with zero attached hydrogens (tertiary/aromatic N) is 4. The number of amides is 1. The van der Waals surface area contributed by atoms with Gasteiger partial charge in [0, 0.05) is 19.0 Å². The molecule has 0 bridgehead atoms. The summed E-state index contributed by atoms with van der Waals surface area (Å²) in [4.78, 5) is 18.6. The van der Waals surface area contributed by atoms with Crippen molar-refractivity contribution in [3.05, 3.63) is 12.7 Å². The van der Waals surface area contributed by atoms with Crippen molar-refractivity contribution in [3.8, 4) is 0 Å². The Hall–Kier alpha value is -1.43. The molecule has 2 saturated heterocycles. The number of carbonyl (C=O) groups excluding carboxylic acids is 1. The molecule has 2 fully saturated rings. The topological polar surface area (TPSA) is 63.1 Å². The van der Waals surface area contributed by atoms with Gasteiger partial charge in [0.05, 0.1) is 6.54 Å². The fourth-order valence-corrected chi connectivity index (χ4v) is 3.98. The summed E-state index contributed by atoms with van der Waals surface area (Å²) in [6.07, 6.45) is 11.5. The second-order valence-electron chi connectivity index (χ2n) is 6.55. The third-order valence-corrected chi connectivity index (χ3v) is 5.10. The minimum absolute atomic E-state index is 0.174. The highest BCUT2D eigenvalue weighted by molar-refractivity contribution is 5.75. The van der Waals surface area contributed by atoms with Gasteiger partial charge in [-0.3, -0.25) is 9.48 Å². The van der Waals surface area contributed by atoms with Crippen molar-refractivity contribution in [2.24, 2.45) is 5.92 Å². The van der Waals surface area contributed by atoms with Crippen LogP contribution in [0.25, 0.3) is 0 Å². The van der Waals surface area contributed by atoms with E-state index >= 15 is 0 Å². The summed E-state index contributed by atoms with van der Waals surface area (Å²) in [5.41, 5.74) is 0. The molecule has 6 nitrogen and oxygen atoms in total. The van der Waals surface area contributed by atoms with Crippen molar-refractivity contribution in [1.82, 2.24) is 25.0 Å². The lowest BCUT2D eigenvalue weighted by Gasteiger charge is -2.44. The van der Waals surface area contributed by atoms with Gasteiger partial charge in [-0.05, 0) is 51.1 Å². The lowest BCUT2D eigenvalue weighted by molar-refractivity contribution is -0.121. The molecule has 0 aliphatic carbocycles. The highest BCUT2D eigenvalue weighted by Crippen LogP contribution is 2.33. The van der Waals surface area contributed by atoms with Crippen LogP contribution in [-0.2, 0) is 11.3 Å². The van der Waals surface area contributed by atoms with Crippen LogP contribution in [0.1, 0.15) is 44.9 Å². The lowest BCUT2D eigenvalue weighted by Crippen LogP contribution is -2.48. The number of carbonyl (C=O) groups is 1. The Morgan fingerprint density at radius 1 is 1.23 bits per heavy atom. The Labute approximate surface area is 132 Å². The van der Waals surface area contributed by atoms with Crippen LogP contribution in [0.2, 0.25) is 0 Å². The van der Waals surface area contributed by atoms with E-state index in [0.29, 0.717) is 19.5 Å². The minimum atomic E-state index is 0.174. The van der Waals surface area contributed by atoms with Crippen molar-refractivity contribution in [3.63, 3.8) is 0 Å². The summed E-state index contributed by atoms with van der Waals surface area (Å²) in [6.45, 7) is 3.85. The predicted octanol–water partition coefficient (Wildman–Crippen LogP) is 1.44. The van der Waals surface area contributed by atoms with E-state index in [4.69, 9.17) is 0 Å². The van der Waals surface area contributed by atoms with Crippen LogP contribution in [0.3, 0.4) is 0 Å². The number of fused-ring (bicyclic) bond motifs is 1. The lowest BCUT2D eigenvalue weighted by atomic mass is 9.81. The van der Waals surface area contributed by atoms with Crippen LogP contribution >= 0.6 is 0 Å². The van der Waals surface area contributed by atoms with Crippen molar-refractivity contribution >= 4 is 5.91 Å². The molecule has 2 aliphatic rings. The Kier molecular flexibility index (Phi) is 5.43. The standard InChI is InChI=1S/C16H27N5O/c22-16(18-8-11-21-13-17-12-19-21)7-6-14-4-3-10-20-9-2-1-5-15(14)20/h12-15H,1-11H2,(H,18,22)/t14-,15+/m0/s1. The Balaban J connectivity index is 1.36. The number of hydrogen-bond acceptors (Lipinski definition) is 4. The first-order valence-corrected chi connectivity index (χ1v) is 8.66. The maximum atomic E-state index is 12.0. The number of rotatable bonds is 6. The van der Waals surface area contributed by atoms with Crippen molar-refractivity contribution in [2.75, 3.05) is 19.6 Å². The molecule has 0 radical (unpaired) electrons. The fraction of sp³-hybridized carbons (Fsp3) is 0.812. The van der Waals surface area contributed by atoms with E-state index in [1.54, 1.807) is 11.0 Å². The van der Waals surface area contributed by atoms with Crippen molar-refractivity contribution in [1.29, 1.82) is 0 Å². The van der Waals surface area contributed by atoms with E-state index in [1.165, 1.54) is 51.5 Å². The maximum Gasteiger partial charge on any atom is 0.220 e. The van der Waals surface area contributed by atoms with Gasteiger partial charge >= 0.3 is 0 Å². The smallest absolute Gasteiger partial charge is 0.220 e. The molecule has 1 N–H and O–H groups in total. The normalized spacial score (nSPS) is 25.6. The van der Waals surface area contributed by atoms with Crippen LogP contribution in [0, 0.1) is 5.92 Å². The fourth-order valence-electron chi connectivity index (χ4n) is 3.98. The molecule has 0 spiro atoms. The van der Waals surface area contributed by atoms with Crippen LogP contribution in [0.4, 0.5) is 0 Å². The summed E-state index contributed by atoms with van der Waals surface area (Å²) in [5.74, 6) is 0.892. The number of hydrogen-bond donors (Lipinski definition) is 1. The summed E-state index contributed by atoms with van der Waals surface area (Å²) in [5, 5.41) is 7.02. The monoisotopic (exact) mass is 305 g/mol. The SMILES string of the molecule is O=C(CC[C@@H]1CCCN2CCCC[C@H]12)NCCn1cncn1. The van der Waals surface area contributed by atoms with Gasteiger partial charge in [0.1, 0.15) is 12.7 Å². The van der Waals surface area contributed by atoms with E-state index in [1.807, 2.05) is 0 Å². The largest absolute Gasteiger partial charge is 0.354 e. The second-order valence-corrected chi connectivity index (χ2v) is 6.55. The number of piperidine rings is 2. The minimum Gasteiger partial charge on any atom is -0.354 e. The van der Waals surface area contributed by atoms with Gasteiger partial charge in [0.2, 0.25) is 5.91 Å². The molecule has 0 unspecified atom stereocenters. The van der Waals surface area contributed by atoms with Crippen LogP contribution in [-0.4, -0.2) is 51.2 Å². The van der Waals surface area contributed by atoms with Crippen LogP contribution in [0.15, 0.2) is 12.7 Å². The zero-order chi connectivity index (χ0) is 15.2. The maximum absolute atomic E-state index is 12.0. The average Bonchev–Trinajstić information content (AvgIpc) is 3.06. The second kappa shape index (κ2) is 7.72. The van der Waals surface area contributed by atoms with Gasteiger partial charge in [-0.15, -0.1) is 0 Å². The van der Waals surface area contributed by atoms with Crippen molar-refractivity contribution < 1.29 is 4.79 Å². The van der Waals surface area contributed by atoms with E-state index in [-0.39, 0.29) is 5.91 Å². The molecule has 1 amide bonds. The summed E-state index contributed by atoms with van der Waals surface area (Å²) in [7, 11) is 0. The molecule has 2 aliphatic heterocycles. The van der Waals surface area contributed by atoms with E-state index in [2.05, 4.69) is 20.3 Å². The molecular formula is C16H27N5O. The number of nitrogens with one attached hydrogen (secondary N) is 1. The summed E-state index contributed by atoms with van der Waals surface area (Å²) < 4.78 is 1.74. The van der Waals surface area contributed by atoms with Gasteiger partial charge in [-0.25, -0.2) is 4.98 Å². The van der Waals surface area contributed by atoms with Gasteiger partial charge in [0.15, 0.2) is 0 Å². The molecule has 3 heterocycles. The molecule has 0 aromatic carbocycles. The number of aromatic nitrogens is 3. The predicted molar refractivity (Wildman–Crippen MR) is 84.2 cm³/mol. The Bertz CT molecular complexity index is 459. The molecule has 2 atom stereocenters. The molecule has 122 valence electrons. The van der Waals surface area contributed by atoms with Gasteiger partial charge in [0.25, 0.3) is 0 Å². The van der Waals surface area contributed by atoms with Gasteiger partial charge < -0.3 is 10.2 Å². The van der Waals surface area contributed by atoms with Crippen molar-refractivity contribution in [2.45, 2.75) is 57.5 Å². The molecule has 1 aromatic rings. The molecule has 3 rings (SSSR count). The van der Waals surface area contributed by atoms with Crippen LogP contribution < -0.4 is 5.32 Å². The van der Waals surface area contributed by atoms with E-state index in [0.717, 1.165) is 18.4 Å². The quantitative estimate of drug-likeness (QED) is 0.864. The molecule has 6 heteroatoms. The third kappa shape index (κ3) is 4.06. The highest BCUT2D eigenvalue weighted by atomic mass is 16.1. The highest BCUT2D eigenvalue weighted by Gasteiger charge is 2.32. The summed E-state index contributed by atoms with van der Waals surface area (Å²) >= 11 is 0. The third-order valence-electron chi connectivity index (χ3n) is 5.10. The molecule has 0 saturated carbocycles. The first-order valence-electron chi connectivity index (χ1n) is 8.66. The first-order chi connectivity index (χ1) is 10.8. The Morgan fingerprint density at radius 3 is 3.00 bits per heavy atom. The van der Waals surface area contributed by atoms with E-state index in [9.17, 15) is 4.79 Å². The zero-order valence-electron chi connectivity index (χ0n) is 13.3. The van der Waals surface area contributed by atoms with Crippen LogP contribution in [0.5, 0.6) is 0 Å². The van der Waals surface area contributed by atoms with E-state index < -0.39 is 0 Å². The van der Waals surface area contributed by atoms with Gasteiger partial charge in [-0.1, -0.05) is 6.42 Å². The molecular weight excluding hydrogens is 278 g/mol. The Morgan fingerprint density at radius 2 is 2.14 bits per heavy atom. The first kappa shape index (κ1) is 15.5.